The Hall–Kier alpha value is -1.13. The molecule has 1 saturated heterocycles. The van der Waals surface area contributed by atoms with Crippen molar-refractivity contribution in [1.82, 2.24) is 0 Å². The number of thiocarbonyl (C=S) groups is 1. The van der Waals surface area contributed by atoms with Crippen LogP contribution in [0.5, 0.6) is 0 Å². The highest BCUT2D eigenvalue weighted by atomic mass is 32.1. The number of aliphatic hydroxyl groups is 1. The lowest BCUT2D eigenvalue weighted by Gasteiger charge is -2.37. The topological polar surface area (TPSA) is 49.5 Å². The zero-order valence-electron chi connectivity index (χ0n) is 10.0. The first-order valence-electron chi connectivity index (χ1n) is 5.85. The van der Waals surface area contributed by atoms with Gasteiger partial charge in [-0.2, -0.15) is 0 Å². The van der Waals surface area contributed by atoms with Gasteiger partial charge in [0.15, 0.2) is 0 Å². The van der Waals surface area contributed by atoms with Crippen molar-refractivity contribution in [2.45, 2.75) is 25.4 Å². The molecule has 0 saturated carbocycles. The summed E-state index contributed by atoms with van der Waals surface area (Å²) in [6.07, 6.45) is 1.62. The van der Waals surface area contributed by atoms with E-state index < -0.39 is 5.60 Å². The Morgan fingerprint density at radius 1 is 1.29 bits per heavy atom. The molecule has 0 bridgehead atoms. The Morgan fingerprint density at radius 3 is 2.29 bits per heavy atom. The average molecular weight is 250 g/mol. The molecule has 1 aromatic carbocycles. The third kappa shape index (κ3) is 2.96. The summed E-state index contributed by atoms with van der Waals surface area (Å²) in [5, 5.41) is 9.90. The third-order valence-electron chi connectivity index (χ3n) is 3.36. The van der Waals surface area contributed by atoms with Crippen LogP contribution >= 0.6 is 12.2 Å². The Balaban J connectivity index is 2.06. The fraction of sp³-hybridized carbons (Fsp3) is 0.462. The van der Waals surface area contributed by atoms with Gasteiger partial charge in [-0.15, -0.1) is 0 Å². The number of hydrogen-bond donors (Lipinski definition) is 2. The van der Waals surface area contributed by atoms with Gasteiger partial charge in [0.1, 0.15) is 4.99 Å². The van der Waals surface area contributed by atoms with Crippen LogP contribution in [0.15, 0.2) is 24.3 Å². The van der Waals surface area contributed by atoms with Crippen LogP contribution < -0.4 is 10.6 Å². The number of rotatable bonds is 2. The van der Waals surface area contributed by atoms with Crippen LogP contribution in [0.2, 0.25) is 0 Å². The highest BCUT2D eigenvalue weighted by Crippen LogP contribution is 2.25. The third-order valence-corrected chi connectivity index (χ3v) is 3.59. The second-order valence-electron chi connectivity index (χ2n) is 4.90. The highest BCUT2D eigenvalue weighted by Gasteiger charge is 2.27. The number of anilines is 1. The molecule has 92 valence electrons. The summed E-state index contributed by atoms with van der Waals surface area (Å²) >= 11 is 4.92. The predicted octanol–water partition coefficient (Wildman–Crippen LogP) is 1.67. The van der Waals surface area contributed by atoms with Crippen molar-refractivity contribution in [3.8, 4) is 0 Å². The first kappa shape index (κ1) is 12.3. The molecular formula is C13H18N2OS. The largest absolute Gasteiger partial charge is 0.390 e. The summed E-state index contributed by atoms with van der Waals surface area (Å²) in [6, 6.07) is 7.97. The zero-order valence-corrected chi connectivity index (χ0v) is 10.8. The monoisotopic (exact) mass is 250 g/mol. The lowest BCUT2D eigenvalue weighted by Crippen LogP contribution is -2.42. The normalized spacial score (nSPS) is 19.1. The van der Waals surface area contributed by atoms with Crippen LogP contribution in [0.1, 0.15) is 25.3 Å². The van der Waals surface area contributed by atoms with E-state index in [9.17, 15) is 5.11 Å². The molecule has 0 amide bonds. The van der Waals surface area contributed by atoms with Gasteiger partial charge in [-0.25, -0.2) is 0 Å². The molecule has 1 aromatic rings. The lowest BCUT2D eigenvalue weighted by molar-refractivity contribution is 0.0351. The van der Waals surface area contributed by atoms with Gasteiger partial charge in [-0.3, -0.25) is 0 Å². The van der Waals surface area contributed by atoms with Crippen molar-refractivity contribution in [3.63, 3.8) is 0 Å². The first-order valence-corrected chi connectivity index (χ1v) is 6.26. The minimum Gasteiger partial charge on any atom is -0.390 e. The van der Waals surface area contributed by atoms with Gasteiger partial charge >= 0.3 is 0 Å². The van der Waals surface area contributed by atoms with Crippen LogP contribution in [0.4, 0.5) is 5.69 Å². The van der Waals surface area contributed by atoms with Crippen molar-refractivity contribution in [2.24, 2.45) is 5.73 Å². The average Bonchev–Trinajstić information content (AvgIpc) is 2.29. The Morgan fingerprint density at radius 2 is 1.82 bits per heavy atom. The van der Waals surface area contributed by atoms with Crippen LogP contribution in [-0.4, -0.2) is 28.8 Å². The summed E-state index contributed by atoms with van der Waals surface area (Å²) in [5.74, 6) is 0. The summed E-state index contributed by atoms with van der Waals surface area (Å²) in [5.41, 5.74) is 7.12. The molecule has 2 rings (SSSR count). The van der Waals surface area contributed by atoms with E-state index in [1.54, 1.807) is 0 Å². The molecule has 1 aliphatic heterocycles. The fourth-order valence-electron chi connectivity index (χ4n) is 2.08. The standard InChI is InChI=1S/C13H18N2OS/c1-13(16)6-8-15(9-7-13)11-4-2-10(3-5-11)12(14)17/h2-5,16H,6-9H2,1H3,(H2,14,17). The summed E-state index contributed by atoms with van der Waals surface area (Å²) in [7, 11) is 0. The quantitative estimate of drug-likeness (QED) is 0.784. The van der Waals surface area contributed by atoms with Gasteiger partial charge in [0.2, 0.25) is 0 Å². The van der Waals surface area contributed by atoms with Crippen molar-refractivity contribution >= 4 is 22.9 Å². The molecule has 0 aliphatic carbocycles. The fourth-order valence-corrected chi connectivity index (χ4v) is 2.22. The van der Waals surface area contributed by atoms with Crippen molar-refractivity contribution in [1.29, 1.82) is 0 Å². The number of piperidine rings is 1. The predicted molar refractivity (Wildman–Crippen MR) is 74.4 cm³/mol. The van der Waals surface area contributed by atoms with Crippen LogP contribution in [0.25, 0.3) is 0 Å². The minimum atomic E-state index is -0.505. The highest BCUT2D eigenvalue weighted by molar-refractivity contribution is 7.80. The molecule has 0 spiro atoms. The first-order chi connectivity index (χ1) is 7.98. The second-order valence-corrected chi connectivity index (χ2v) is 5.33. The molecule has 0 aromatic heterocycles. The maximum atomic E-state index is 9.90. The van der Waals surface area contributed by atoms with Gasteiger partial charge in [-0.05, 0) is 44.0 Å². The van der Waals surface area contributed by atoms with Crippen molar-refractivity contribution in [2.75, 3.05) is 18.0 Å². The number of nitrogens with zero attached hydrogens (tertiary/aromatic N) is 1. The van der Waals surface area contributed by atoms with Gasteiger partial charge in [-0.1, -0.05) is 12.2 Å². The smallest absolute Gasteiger partial charge is 0.103 e. The van der Waals surface area contributed by atoms with E-state index in [1.165, 1.54) is 5.69 Å². The molecule has 0 unspecified atom stereocenters. The van der Waals surface area contributed by atoms with E-state index in [-0.39, 0.29) is 0 Å². The van der Waals surface area contributed by atoms with Crippen LogP contribution in [0, 0.1) is 0 Å². The molecular weight excluding hydrogens is 232 g/mol. The molecule has 0 atom stereocenters. The van der Waals surface area contributed by atoms with E-state index in [1.807, 2.05) is 31.2 Å². The van der Waals surface area contributed by atoms with Crippen molar-refractivity contribution in [3.05, 3.63) is 29.8 Å². The number of benzene rings is 1. The van der Waals surface area contributed by atoms with E-state index in [4.69, 9.17) is 18.0 Å². The molecule has 3 nitrogen and oxygen atoms in total. The molecule has 1 heterocycles. The second kappa shape index (κ2) is 4.63. The van der Waals surface area contributed by atoms with E-state index in [0.717, 1.165) is 31.5 Å². The van der Waals surface area contributed by atoms with E-state index in [0.29, 0.717) is 4.99 Å². The molecule has 3 N–H and O–H groups in total. The maximum absolute atomic E-state index is 9.90. The summed E-state index contributed by atoms with van der Waals surface area (Å²) < 4.78 is 0. The molecule has 17 heavy (non-hydrogen) atoms. The summed E-state index contributed by atoms with van der Waals surface area (Å²) in [6.45, 7) is 3.68. The Labute approximate surface area is 107 Å². The number of nitrogens with two attached hydrogens (primary N) is 1. The summed E-state index contributed by atoms with van der Waals surface area (Å²) in [4.78, 5) is 2.71. The van der Waals surface area contributed by atoms with E-state index >= 15 is 0 Å². The molecule has 0 radical (unpaired) electrons. The van der Waals surface area contributed by atoms with Gasteiger partial charge in [0.05, 0.1) is 5.60 Å². The molecule has 1 fully saturated rings. The van der Waals surface area contributed by atoms with Crippen LogP contribution in [0.3, 0.4) is 0 Å². The molecule has 4 heteroatoms. The zero-order chi connectivity index (χ0) is 12.5. The lowest BCUT2D eigenvalue weighted by atomic mass is 9.93. The number of hydrogen-bond acceptors (Lipinski definition) is 3. The maximum Gasteiger partial charge on any atom is 0.103 e. The van der Waals surface area contributed by atoms with Gasteiger partial charge in [0.25, 0.3) is 0 Å². The molecule has 1 aliphatic rings. The Kier molecular flexibility index (Phi) is 3.35. The SMILES string of the molecule is CC1(O)CCN(c2ccc(C(N)=S)cc2)CC1. The van der Waals surface area contributed by atoms with Crippen molar-refractivity contribution < 1.29 is 5.11 Å². The van der Waals surface area contributed by atoms with Gasteiger partial charge in [0, 0.05) is 24.3 Å². The Bertz CT molecular complexity index is 404. The van der Waals surface area contributed by atoms with E-state index in [2.05, 4.69) is 4.90 Å². The van der Waals surface area contributed by atoms with Gasteiger partial charge < -0.3 is 15.7 Å². The van der Waals surface area contributed by atoms with Crippen LogP contribution in [-0.2, 0) is 0 Å². The minimum absolute atomic E-state index is 0.429.